The van der Waals surface area contributed by atoms with Gasteiger partial charge in [-0.3, -0.25) is 0 Å². The lowest BCUT2D eigenvalue weighted by Crippen LogP contribution is -2.21. The standard InChI is InChI=1S/C9H21NP/c1-6-11(5)9(3)8(2)7-10-4/h8,10H,6-7H2,1-5H3/q+1/t8-/m1/s1. The smallest absolute Gasteiger partial charge is 0.103 e. The summed E-state index contributed by atoms with van der Waals surface area (Å²) in [6, 6.07) is 0. The zero-order chi connectivity index (χ0) is 8.85. The van der Waals surface area contributed by atoms with E-state index in [1.54, 1.807) is 5.29 Å². The Hall–Kier alpha value is 0.130. The highest BCUT2D eigenvalue weighted by molar-refractivity contribution is 7.58. The topological polar surface area (TPSA) is 12.0 Å². The molecule has 2 atom stereocenters. The van der Waals surface area contributed by atoms with Crippen LogP contribution in [-0.2, 0) is 0 Å². The molecule has 1 N–H and O–H groups in total. The summed E-state index contributed by atoms with van der Waals surface area (Å²) in [5.74, 6) is 0.746. The minimum Gasteiger partial charge on any atom is -0.319 e. The van der Waals surface area contributed by atoms with Crippen LogP contribution in [-0.4, -0.2) is 31.7 Å². The van der Waals surface area contributed by atoms with E-state index in [0.717, 1.165) is 12.5 Å². The van der Waals surface area contributed by atoms with Gasteiger partial charge in [0.05, 0.1) is 19.5 Å². The Morgan fingerprint density at radius 1 is 1.55 bits per heavy atom. The second kappa shape index (κ2) is 5.74. The average molecular weight is 174 g/mol. The maximum atomic E-state index is 3.22. The van der Waals surface area contributed by atoms with E-state index < -0.39 is 0 Å². The third kappa shape index (κ3) is 3.88. The lowest BCUT2D eigenvalue weighted by atomic mass is 10.1. The van der Waals surface area contributed by atoms with Crippen molar-refractivity contribution >= 4 is 12.8 Å². The van der Waals surface area contributed by atoms with Gasteiger partial charge in [0.2, 0.25) is 0 Å². The van der Waals surface area contributed by atoms with Gasteiger partial charge >= 0.3 is 0 Å². The molecular formula is C9H21NP+. The third-order valence-electron chi connectivity index (χ3n) is 2.30. The first-order chi connectivity index (χ1) is 5.13. The van der Waals surface area contributed by atoms with Crippen molar-refractivity contribution in [2.75, 3.05) is 26.4 Å². The molecule has 0 aromatic carbocycles. The van der Waals surface area contributed by atoms with Gasteiger partial charge in [0.1, 0.15) is 6.16 Å². The van der Waals surface area contributed by atoms with E-state index in [9.17, 15) is 0 Å². The highest BCUT2D eigenvalue weighted by Crippen LogP contribution is 2.22. The zero-order valence-electron chi connectivity index (χ0n) is 8.44. The lowest BCUT2D eigenvalue weighted by Gasteiger charge is -2.07. The molecule has 0 aliphatic rings. The van der Waals surface area contributed by atoms with Gasteiger partial charge in [-0.1, -0.05) is 6.92 Å². The van der Waals surface area contributed by atoms with Crippen molar-refractivity contribution < 1.29 is 0 Å². The first kappa shape index (κ1) is 11.1. The maximum Gasteiger partial charge on any atom is 0.103 e. The van der Waals surface area contributed by atoms with Crippen LogP contribution in [0.3, 0.4) is 0 Å². The summed E-state index contributed by atoms with van der Waals surface area (Å²) in [6.45, 7) is 10.4. The van der Waals surface area contributed by atoms with E-state index in [1.807, 2.05) is 7.05 Å². The summed E-state index contributed by atoms with van der Waals surface area (Å²) in [7, 11) is 2.21. The maximum absolute atomic E-state index is 3.22. The van der Waals surface area contributed by atoms with E-state index in [1.165, 1.54) is 6.16 Å². The molecule has 0 radical (unpaired) electrons. The van der Waals surface area contributed by atoms with E-state index in [2.05, 4.69) is 32.8 Å². The highest BCUT2D eigenvalue weighted by Gasteiger charge is 2.13. The average Bonchev–Trinajstić information content (AvgIpc) is 2.02. The molecule has 0 rings (SSSR count). The minimum atomic E-state index is 0.186. The third-order valence-corrected chi connectivity index (χ3v) is 4.89. The molecule has 0 spiro atoms. The van der Waals surface area contributed by atoms with Gasteiger partial charge < -0.3 is 5.32 Å². The van der Waals surface area contributed by atoms with Gasteiger partial charge in [-0.15, -0.1) is 0 Å². The molecule has 0 fully saturated rings. The van der Waals surface area contributed by atoms with E-state index in [-0.39, 0.29) is 7.55 Å². The molecule has 11 heavy (non-hydrogen) atoms. The Morgan fingerprint density at radius 3 is 2.45 bits per heavy atom. The van der Waals surface area contributed by atoms with Crippen molar-refractivity contribution in [2.24, 2.45) is 5.92 Å². The van der Waals surface area contributed by atoms with E-state index >= 15 is 0 Å². The van der Waals surface area contributed by atoms with Gasteiger partial charge in [-0.2, -0.15) is 0 Å². The Morgan fingerprint density at radius 2 is 2.09 bits per heavy atom. The second-order valence-electron chi connectivity index (χ2n) is 3.11. The van der Waals surface area contributed by atoms with Crippen molar-refractivity contribution in [2.45, 2.75) is 20.8 Å². The molecule has 0 heterocycles. The molecule has 0 aliphatic carbocycles. The van der Waals surface area contributed by atoms with Gasteiger partial charge in [0, 0.05) is 12.5 Å². The summed E-state index contributed by atoms with van der Waals surface area (Å²) < 4.78 is 0. The quantitative estimate of drug-likeness (QED) is 0.644. The van der Waals surface area contributed by atoms with Crippen LogP contribution in [0.15, 0.2) is 0 Å². The molecule has 1 unspecified atom stereocenters. The summed E-state index contributed by atoms with van der Waals surface area (Å²) in [5, 5.41) is 4.91. The van der Waals surface area contributed by atoms with Crippen LogP contribution in [0.25, 0.3) is 0 Å². The van der Waals surface area contributed by atoms with Gasteiger partial charge in [0.25, 0.3) is 0 Å². The molecule has 0 saturated carbocycles. The fraction of sp³-hybridized carbons (Fsp3) is 0.889. The second-order valence-corrected chi connectivity index (χ2v) is 5.85. The molecule has 0 saturated heterocycles. The lowest BCUT2D eigenvalue weighted by molar-refractivity contribution is 0.684. The Kier molecular flexibility index (Phi) is 5.81. The van der Waals surface area contributed by atoms with Crippen LogP contribution < -0.4 is 5.32 Å². The summed E-state index contributed by atoms with van der Waals surface area (Å²) >= 11 is 0. The molecule has 0 bridgehead atoms. The molecule has 0 amide bonds. The van der Waals surface area contributed by atoms with Crippen molar-refractivity contribution in [3.63, 3.8) is 0 Å². The Bertz CT molecular complexity index is 140. The van der Waals surface area contributed by atoms with Crippen LogP contribution in [0.2, 0.25) is 0 Å². The van der Waals surface area contributed by atoms with Crippen LogP contribution in [0.1, 0.15) is 20.8 Å². The highest BCUT2D eigenvalue weighted by atomic mass is 31.1. The molecule has 2 heteroatoms. The molecule has 1 nitrogen and oxygen atoms in total. The van der Waals surface area contributed by atoms with Crippen molar-refractivity contribution in [3.8, 4) is 0 Å². The number of hydrogen-bond donors (Lipinski definition) is 1. The molecule has 66 valence electrons. The van der Waals surface area contributed by atoms with Crippen LogP contribution in [0.5, 0.6) is 0 Å². The number of nitrogens with one attached hydrogen (secondary N) is 1. The Balaban J connectivity index is 4.09. The Labute approximate surface area is 72.0 Å². The number of rotatable bonds is 4. The van der Waals surface area contributed by atoms with Crippen LogP contribution in [0, 0.1) is 5.92 Å². The predicted molar refractivity (Wildman–Crippen MR) is 57.2 cm³/mol. The van der Waals surface area contributed by atoms with Gasteiger partial charge in [-0.25, -0.2) is 0 Å². The largest absolute Gasteiger partial charge is 0.319 e. The summed E-state index contributed by atoms with van der Waals surface area (Å²) in [5.41, 5.74) is 0. The van der Waals surface area contributed by atoms with Crippen LogP contribution in [0.4, 0.5) is 0 Å². The summed E-state index contributed by atoms with van der Waals surface area (Å²) in [4.78, 5) is 0. The number of hydrogen-bond acceptors (Lipinski definition) is 1. The molecule has 0 aromatic heterocycles. The van der Waals surface area contributed by atoms with E-state index in [0.29, 0.717) is 0 Å². The monoisotopic (exact) mass is 174 g/mol. The minimum absolute atomic E-state index is 0.186. The van der Waals surface area contributed by atoms with E-state index in [4.69, 9.17) is 0 Å². The first-order valence-electron chi connectivity index (χ1n) is 4.32. The van der Waals surface area contributed by atoms with Crippen molar-refractivity contribution in [1.82, 2.24) is 5.32 Å². The predicted octanol–water partition coefficient (Wildman–Crippen LogP) is 2.17. The van der Waals surface area contributed by atoms with Gasteiger partial charge in [0.15, 0.2) is 0 Å². The normalized spacial score (nSPS) is 16.1. The zero-order valence-corrected chi connectivity index (χ0v) is 9.33. The summed E-state index contributed by atoms with van der Waals surface area (Å²) in [6.07, 6.45) is 1.33. The van der Waals surface area contributed by atoms with Crippen LogP contribution >= 0.6 is 7.55 Å². The van der Waals surface area contributed by atoms with Gasteiger partial charge in [-0.05, 0) is 20.9 Å². The molecule has 0 aromatic rings. The molecular weight excluding hydrogens is 153 g/mol. The SMILES string of the molecule is CC[P+](C)=C(C)[C@H](C)CNC. The van der Waals surface area contributed by atoms with Crippen molar-refractivity contribution in [3.05, 3.63) is 0 Å². The fourth-order valence-corrected chi connectivity index (χ4v) is 2.42. The fourth-order valence-electron chi connectivity index (χ4n) is 1.08. The van der Waals surface area contributed by atoms with Crippen molar-refractivity contribution in [1.29, 1.82) is 0 Å². The molecule has 0 aliphatic heterocycles. The first-order valence-corrected chi connectivity index (χ1v) is 6.30.